The van der Waals surface area contributed by atoms with Gasteiger partial charge in [-0.2, -0.15) is 0 Å². The summed E-state index contributed by atoms with van der Waals surface area (Å²) in [7, 11) is 0. The molecule has 88 valence electrons. The van der Waals surface area contributed by atoms with Crippen LogP contribution in [-0.2, 0) is 10.5 Å². The predicted octanol–water partition coefficient (Wildman–Crippen LogP) is 2.83. The molecule has 1 unspecified atom stereocenters. The third-order valence-corrected chi connectivity index (χ3v) is 3.36. The van der Waals surface area contributed by atoms with E-state index in [-0.39, 0.29) is 17.2 Å². The van der Waals surface area contributed by atoms with Crippen molar-refractivity contribution in [1.29, 1.82) is 0 Å². The van der Waals surface area contributed by atoms with E-state index in [1.807, 2.05) is 39.0 Å². The van der Waals surface area contributed by atoms with Crippen LogP contribution in [0.5, 0.6) is 0 Å². The third kappa shape index (κ3) is 4.71. The first-order valence-electron chi connectivity index (χ1n) is 5.55. The first kappa shape index (κ1) is 13.1. The number of rotatable bonds is 5. The van der Waals surface area contributed by atoms with Crippen LogP contribution in [0.15, 0.2) is 30.3 Å². The van der Waals surface area contributed by atoms with E-state index in [1.54, 1.807) is 11.8 Å². The highest BCUT2D eigenvalue weighted by molar-refractivity contribution is 7.99. The van der Waals surface area contributed by atoms with Crippen LogP contribution in [0.3, 0.4) is 0 Å². The zero-order chi connectivity index (χ0) is 12.0. The molecule has 0 radical (unpaired) electrons. The second-order valence-corrected chi connectivity index (χ2v) is 5.43. The largest absolute Gasteiger partial charge is 0.353 e. The van der Waals surface area contributed by atoms with E-state index in [2.05, 4.69) is 17.4 Å². The topological polar surface area (TPSA) is 29.1 Å². The highest BCUT2D eigenvalue weighted by atomic mass is 32.2. The van der Waals surface area contributed by atoms with Gasteiger partial charge in [0.25, 0.3) is 0 Å². The fourth-order valence-corrected chi connectivity index (χ4v) is 2.13. The summed E-state index contributed by atoms with van der Waals surface area (Å²) in [5.41, 5.74) is 1.26. The minimum atomic E-state index is 0.00241. The molecule has 1 amide bonds. The summed E-state index contributed by atoms with van der Waals surface area (Å²) in [6.07, 6.45) is 0. The van der Waals surface area contributed by atoms with Crippen LogP contribution in [0.4, 0.5) is 0 Å². The number of carbonyl (C=O) groups is 1. The second kappa shape index (κ2) is 6.59. The van der Waals surface area contributed by atoms with E-state index in [0.29, 0.717) is 0 Å². The van der Waals surface area contributed by atoms with Gasteiger partial charge in [-0.3, -0.25) is 4.79 Å². The molecule has 0 fully saturated rings. The molecular formula is C13H19NOS. The van der Waals surface area contributed by atoms with Crippen LogP contribution in [0.1, 0.15) is 26.3 Å². The van der Waals surface area contributed by atoms with Crippen molar-refractivity contribution in [3.63, 3.8) is 0 Å². The van der Waals surface area contributed by atoms with Crippen LogP contribution >= 0.6 is 11.8 Å². The Labute approximate surface area is 102 Å². The minimum absolute atomic E-state index is 0.00241. The fourth-order valence-electron chi connectivity index (χ4n) is 1.27. The highest BCUT2D eigenvalue weighted by Gasteiger charge is 2.13. The summed E-state index contributed by atoms with van der Waals surface area (Å²) in [6.45, 7) is 5.91. The van der Waals surface area contributed by atoms with E-state index in [4.69, 9.17) is 0 Å². The smallest absolute Gasteiger partial charge is 0.233 e. The SMILES string of the molecule is CC(C)NC(=O)C(C)SCc1ccccc1. The van der Waals surface area contributed by atoms with Gasteiger partial charge in [0.2, 0.25) is 5.91 Å². The molecule has 0 bridgehead atoms. The Morgan fingerprint density at radius 1 is 1.25 bits per heavy atom. The number of hydrogen-bond donors (Lipinski definition) is 1. The first-order chi connectivity index (χ1) is 7.59. The molecule has 3 heteroatoms. The number of nitrogens with one attached hydrogen (secondary N) is 1. The summed E-state index contributed by atoms with van der Waals surface area (Å²) in [5.74, 6) is 1.00. The summed E-state index contributed by atoms with van der Waals surface area (Å²) in [5, 5.41) is 2.92. The van der Waals surface area contributed by atoms with E-state index in [1.165, 1.54) is 5.56 Å². The van der Waals surface area contributed by atoms with Crippen molar-refractivity contribution < 1.29 is 4.79 Å². The van der Waals surface area contributed by atoms with Crippen molar-refractivity contribution in [2.75, 3.05) is 0 Å². The summed E-state index contributed by atoms with van der Waals surface area (Å²) >= 11 is 1.67. The number of thioether (sulfide) groups is 1. The molecule has 0 aliphatic heterocycles. The Kier molecular flexibility index (Phi) is 5.39. The molecule has 1 atom stereocenters. The Hall–Kier alpha value is -0.960. The lowest BCUT2D eigenvalue weighted by atomic mass is 10.2. The first-order valence-corrected chi connectivity index (χ1v) is 6.60. The molecule has 1 rings (SSSR count). The second-order valence-electron chi connectivity index (χ2n) is 4.10. The zero-order valence-electron chi connectivity index (χ0n) is 10.1. The molecule has 0 aromatic heterocycles. The molecular weight excluding hydrogens is 218 g/mol. The van der Waals surface area contributed by atoms with E-state index in [9.17, 15) is 4.79 Å². The van der Waals surface area contributed by atoms with Crippen LogP contribution in [0.25, 0.3) is 0 Å². The molecule has 0 spiro atoms. The van der Waals surface area contributed by atoms with Crippen LogP contribution in [0, 0.1) is 0 Å². The van der Waals surface area contributed by atoms with E-state index >= 15 is 0 Å². The lowest BCUT2D eigenvalue weighted by Crippen LogP contribution is -2.35. The zero-order valence-corrected chi connectivity index (χ0v) is 10.9. The maximum Gasteiger partial charge on any atom is 0.233 e. The molecule has 0 aliphatic carbocycles. The summed E-state index contributed by atoms with van der Waals surface area (Å²) < 4.78 is 0. The van der Waals surface area contributed by atoms with Gasteiger partial charge >= 0.3 is 0 Å². The van der Waals surface area contributed by atoms with Gasteiger partial charge in [-0.05, 0) is 26.3 Å². The number of amides is 1. The van der Waals surface area contributed by atoms with Gasteiger partial charge < -0.3 is 5.32 Å². The van der Waals surface area contributed by atoms with Gasteiger partial charge in [-0.1, -0.05) is 30.3 Å². The standard InChI is InChI=1S/C13H19NOS/c1-10(2)14-13(15)11(3)16-9-12-7-5-4-6-8-12/h4-8,10-11H,9H2,1-3H3,(H,14,15). The molecule has 1 aromatic carbocycles. The fraction of sp³-hybridized carbons (Fsp3) is 0.462. The van der Waals surface area contributed by atoms with Crippen molar-refractivity contribution >= 4 is 17.7 Å². The van der Waals surface area contributed by atoms with E-state index in [0.717, 1.165) is 5.75 Å². The normalized spacial score (nSPS) is 12.5. The van der Waals surface area contributed by atoms with Crippen molar-refractivity contribution in [2.45, 2.75) is 37.8 Å². The van der Waals surface area contributed by atoms with Gasteiger partial charge in [0, 0.05) is 11.8 Å². The molecule has 16 heavy (non-hydrogen) atoms. The average Bonchev–Trinajstić information content (AvgIpc) is 2.26. The number of benzene rings is 1. The van der Waals surface area contributed by atoms with Crippen LogP contribution < -0.4 is 5.32 Å². The molecule has 0 aliphatic rings. The van der Waals surface area contributed by atoms with E-state index < -0.39 is 0 Å². The Balaban J connectivity index is 2.35. The molecule has 2 nitrogen and oxygen atoms in total. The van der Waals surface area contributed by atoms with Crippen molar-refractivity contribution in [2.24, 2.45) is 0 Å². The van der Waals surface area contributed by atoms with Crippen molar-refractivity contribution in [3.8, 4) is 0 Å². The number of carbonyl (C=O) groups excluding carboxylic acids is 1. The predicted molar refractivity (Wildman–Crippen MR) is 70.5 cm³/mol. The maximum atomic E-state index is 11.6. The average molecular weight is 237 g/mol. The highest BCUT2D eigenvalue weighted by Crippen LogP contribution is 2.17. The lowest BCUT2D eigenvalue weighted by molar-refractivity contribution is -0.120. The minimum Gasteiger partial charge on any atom is -0.353 e. The Morgan fingerprint density at radius 2 is 1.88 bits per heavy atom. The van der Waals surface area contributed by atoms with Gasteiger partial charge in [0.05, 0.1) is 5.25 Å². The van der Waals surface area contributed by atoms with Gasteiger partial charge in [-0.15, -0.1) is 11.8 Å². The quantitative estimate of drug-likeness (QED) is 0.853. The maximum absolute atomic E-state index is 11.6. The molecule has 0 heterocycles. The van der Waals surface area contributed by atoms with Crippen molar-refractivity contribution in [3.05, 3.63) is 35.9 Å². The molecule has 1 N–H and O–H groups in total. The summed E-state index contributed by atoms with van der Waals surface area (Å²) in [4.78, 5) is 11.6. The third-order valence-electron chi connectivity index (χ3n) is 2.14. The van der Waals surface area contributed by atoms with Crippen molar-refractivity contribution in [1.82, 2.24) is 5.32 Å². The Morgan fingerprint density at radius 3 is 2.44 bits per heavy atom. The Bertz CT molecular complexity index is 324. The monoisotopic (exact) mass is 237 g/mol. The van der Waals surface area contributed by atoms with Gasteiger partial charge in [0.1, 0.15) is 0 Å². The van der Waals surface area contributed by atoms with Crippen LogP contribution in [0.2, 0.25) is 0 Å². The summed E-state index contributed by atoms with van der Waals surface area (Å²) in [6, 6.07) is 10.4. The van der Waals surface area contributed by atoms with Gasteiger partial charge in [0.15, 0.2) is 0 Å². The van der Waals surface area contributed by atoms with Gasteiger partial charge in [-0.25, -0.2) is 0 Å². The lowest BCUT2D eigenvalue weighted by Gasteiger charge is -2.14. The number of hydrogen-bond acceptors (Lipinski definition) is 2. The molecule has 0 saturated carbocycles. The van der Waals surface area contributed by atoms with Crippen LogP contribution in [-0.4, -0.2) is 17.2 Å². The molecule has 0 saturated heterocycles. The molecule has 1 aromatic rings.